The quantitative estimate of drug-likeness (QED) is 0.652. The van der Waals surface area contributed by atoms with E-state index in [-0.39, 0.29) is 11.2 Å². The molecule has 0 fully saturated rings. The van der Waals surface area contributed by atoms with Gasteiger partial charge < -0.3 is 0 Å². The topological polar surface area (TPSA) is 0 Å². The summed E-state index contributed by atoms with van der Waals surface area (Å²) in [5.41, 5.74) is 1.07. The molecule has 1 aromatic carbocycles. The lowest BCUT2D eigenvalue weighted by molar-refractivity contribution is 0.285. The Balaban J connectivity index is 3.30. The predicted octanol–water partition coefficient (Wildman–Crippen LogP) is 4.56. The van der Waals surface area contributed by atoms with E-state index in [9.17, 15) is 4.39 Å². The molecule has 0 heterocycles. The summed E-state index contributed by atoms with van der Waals surface area (Å²) < 4.78 is 13.0. The summed E-state index contributed by atoms with van der Waals surface area (Å²) in [5.74, 6) is 0.695. The van der Waals surface area contributed by atoms with E-state index in [1.807, 2.05) is 18.2 Å². The Labute approximate surface area is 98.2 Å². The summed E-state index contributed by atoms with van der Waals surface area (Å²) in [7, 11) is 0. The number of hydrogen-bond acceptors (Lipinski definition) is 0. The summed E-state index contributed by atoms with van der Waals surface area (Å²) in [6.45, 7) is 12.7. The minimum Gasteiger partial charge on any atom is -0.207 e. The smallest absolute Gasteiger partial charge is 0.123 e. The molecule has 1 heteroatoms. The van der Waals surface area contributed by atoms with Crippen molar-refractivity contribution in [3.8, 4) is 0 Å². The Bertz CT molecular complexity index is 338. The SMILES string of the molecule is C=CC(c1ccc(F)cc1)(C(C)C)C(C)C. The molecule has 0 unspecified atom stereocenters. The molecule has 0 saturated carbocycles. The Kier molecular flexibility index (Phi) is 3.90. The fraction of sp³-hybridized carbons (Fsp3) is 0.467. The third-order valence-corrected chi connectivity index (χ3v) is 3.59. The van der Waals surface area contributed by atoms with Gasteiger partial charge in [0.15, 0.2) is 0 Å². The van der Waals surface area contributed by atoms with Gasteiger partial charge in [0.2, 0.25) is 0 Å². The van der Waals surface area contributed by atoms with Crippen LogP contribution in [0.4, 0.5) is 4.39 Å². The fourth-order valence-corrected chi connectivity index (χ4v) is 2.66. The molecular formula is C15H21F. The van der Waals surface area contributed by atoms with E-state index in [1.165, 1.54) is 12.1 Å². The summed E-state index contributed by atoms with van der Waals surface area (Å²) in [4.78, 5) is 0. The monoisotopic (exact) mass is 220 g/mol. The van der Waals surface area contributed by atoms with Gasteiger partial charge in [0, 0.05) is 5.41 Å². The number of halogens is 1. The largest absolute Gasteiger partial charge is 0.207 e. The van der Waals surface area contributed by atoms with Crippen LogP contribution in [0.25, 0.3) is 0 Å². The molecule has 0 nitrogen and oxygen atoms in total. The van der Waals surface area contributed by atoms with Crippen molar-refractivity contribution in [3.63, 3.8) is 0 Å². The zero-order valence-electron chi connectivity index (χ0n) is 10.6. The summed E-state index contributed by atoms with van der Waals surface area (Å²) >= 11 is 0. The Morgan fingerprint density at radius 2 is 1.50 bits per heavy atom. The Morgan fingerprint density at radius 1 is 1.06 bits per heavy atom. The lowest BCUT2D eigenvalue weighted by Gasteiger charge is -2.39. The van der Waals surface area contributed by atoms with Crippen LogP contribution in [0.2, 0.25) is 0 Å². The first-order valence-corrected chi connectivity index (χ1v) is 5.84. The minimum absolute atomic E-state index is 0.0757. The van der Waals surface area contributed by atoms with Crippen molar-refractivity contribution in [1.82, 2.24) is 0 Å². The van der Waals surface area contributed by atoms with Crippen molar-refractivity contribution < 1.29 is 4.39 Å². The molecule has 0 spiro atoms. The van der Waals surface area contributed by atoms with Gasteiger partial charge in [-0.2, -0.15) is 0 Å². The molecule has 0 atom stereocenters. The molecule has 0 aromatic heterocycles. The first kappa shape index (κ1) is 13.0. The highest BCUT2D eigenvalue weighted by Gasteiger charge is 2.35. The van der Waals surface area contributed by atoms with Crippen LogP contribution < -0.4 is 0 Å². The average molecular weight is 220 g/mol. The highest BCUT2D eigenvalue weighted by Crippen LogP contribution is 2.40. The molecule has 0 aliphatic rings. The molecule has 16 heavy (non-hydrogen) atoms. The van der Waals surface area contributed by atoms with Crippen LogP contribution in [0, 0.1) is 17.7 Å². The van der Waals surface area contributed by atoms with Crippen molar-refractivity contribution in [3.05, 3.63) is 48.3 Å². The Hall–Kier alpha value is -1.11. The van der Waals surface area contributed by atoms with Crippen molar-refractivity contribution in [2.45, 2.75) is 33.1 Å². The van der Waals surface area contributed by atoms with Crippen molar-refractivity contribution in [2.24, 2.45) is 11.8 Å². The van der Waals surface area contributed by atoms with Gasteiger partial charge in [-0.1, -0.05) is 45.9 Å². The van der Waals surface area contributed by atoms with E-state index in [2.05, 4.69) is 34.3 Å². The molecular weight excluding hydrogens is 199 g/mol. The van der Waals surface area contributed by atoms with Crippen LogP contribution in [0.3, 0.4) is 0 Å². The summed E-state index contributed by atoms with van der Waals surface area (Å²) in [5, 5.41) is 0. The normalized spacial score (nSPS) is 12.2. The highest BCUT2D eigenvalue weighted by atomic mass is 19.1. The number of benzene rings is 1. The maximum absolute atomic E-state index is 13.0. The third kappa shape index (κ3) is 2.04. The van der Waals surface area contributed by atoms with Gasteiger partial charge in [-0.25, -0.2) is 4.39 Å². The van der Waals surface area contributed by atoms with Crippen LogP contribution in [0.15, 0.2) is 36.9 Å². The van der Waals surface area contributed by atoms with Crippen molar-refractivity contribution >= 4 is 0 Å². The number of hydrogen-bond donors (Lipinski definition) is 0. The fourth-order valence-electron chi connectivity index (χ4n) is 2.66. The zero-order valence-corrected chi connectivity index (χ0v) is 10.6. The van der Waals surface area contributed by atoms with Gasteiger partial charge in [-0.3, -0.25) is 0 Å². The number of rotatable bonds is 4. The van der Waals surface area contributed by atoms with E-state index in [0.717, 1.165) is 5.56 Å². The van der Waals surface area contributed by atoms with Crippen LogP contribution in [0.1, 0.15) is 33.3 Å². The molecule has 0 saturated heterocycles. The standard InChI is InChI=1S/C15H21F/c1-6-15(11(2)3,12(4)5)13-7-9-14(16)10-8-13/h6-12H,1H2,2-5H3. The maximum atomic E-state index is 13.0. The average Bonchev–Trinajstić information content (AvgIpc) is 2.21. The van der Waals surface area contributed by atoms with Gasteiger partial charge in [0.1, 0.15) is 5.82 Å². The molecule has 0 aliphatic carbocycles. The predicted molar refractivity (Wildman–Crippen MR) is 68.0 cm³/mol. The first-order chi connectivity index (χ1) is 7.45. The van der Waals surface area contributed by atoms with E-state index in [0.29, 0.717) is 11.8 Å². The molecule has 0 N–H and O–H groups in total. The summed E-state index contributed by atoms with van der Waals surface area (Å²) in [6, 6.07) is 6.80. The second-order valence-electron chi connectivity index (χ2n) is 4.95. The van der Waals surface area contributed by atoms with Crippen LogP contribution in [-0.2, 0) is 5.41 Å². The highest BCUT2D eigenvalue weighted by molar-refractivity contribution is 5.32. The van der Waals surface area contributed by atoms with E-state index in [4.69, 9.17) is 0 Å². The van der Waals surface area contributed by atoms with Crippen LogP contribution in [0.5, 0.6) is 0 Å². The first-order valence-electron chi connectivity index (χ1n) is 5.84. The second kappa shape index (κ2) is 4.82. The van der Waals surface area contributed by atoms with E-state index >= 15 is 0 Å². The molecule has 0 bridgehead atoms. The molecule has 1 rings (SSSR count). The molecule has 88 valence electrons. The minimum atomic E-state index is -0.186. The molecule has 0 aliphatic heterocycles. The van der Waals surface area contributed by atoms with Crippen molar-refractivity contribution in [2.75, 3.05) is 0 Å². The van der Waals surface area contributed by atoms with Crippen molar-refractivity contribution in [1.29, 1.82) is 0 Å². The van der Waals surface area contributed by atoms with Gasteiger partial charge in [0.25, 0.3) is 0 Å². The molecule has 0 amide bonds. The third-order valence-electron chi connectivity index (χ3n) is 3.59. The van der Waals surface area contributed by atoms with Crippen LogP contribution in [-0.4, -0.2) is 0 Å². The maximum Gasteiger partial charge on any atom is 0.123 e. The number of allylic oxidation sites excluding steroid dienone is 1. The molecule has 0 radical (unpaired) electrons. The lowest BCUT2D eigenvalue weighted by Crippen LogP contribution is -2.35. The molecule has 1 aromatic rings. The Morgan fingerprint density at radius 3 is 1.81 bits per heavy atom. The second-order valence-corrected chi connectivity index (χ2v) is 4.95. The van der Waals surface area contributed by atoms with Gasteiger partial charge >= 0.3 is 0 Å². The lowest BCUT2D eigenvalue weighted by atomic mass is 9.65. The van der Waals surface area contributed by atoms with Gasteiger partial charge in [0.05, 0.1) is 0 Å². The van der Waals surface area contributed by atoms with Gasteiger partial charge in [-0.15, -0.1) is 6.58 Å². The van der Waals surface area contributed by atoms with E-state index < -0.39 is 0 Å². The van der Waals surface area contributed by atoms with Gasteiger partial charge in [-0.05, 0) is 29.5 Å². The zero-order chi connectivity index (χ0) is 12.3. The summed E-state index contributed by atoms with van der Waals surface area (Å²) in [6.07, 6.45) is 2.01. The van der Waals surface area contributed by atoms with E-state index in [1.54, 1.807) is 0 Å². The van der Waals surface area contributed by atoms with Crippen LogP contribution >= 0.6 is 0 Å².